The van der Waals surface area contributed by atoms with Crippen molar-refractivity contribution in [2.24, 2.45) is 5.92 Å². The number of rotatable bonds is 2. The summed E-state index contributed by atoms with van der Waals surface area (Å²) >= 11 is 0. The van der Waals surface area contributed by atoms with Gasteiger partial charge >= 0.3 is 0 Å². The van der Waals surface area contributed by atoms with Crippen molar-refractivity contribution in [2.75, 3.05) is 0 Å². The largest absolute Gasteiger partial charge is 0.259 e. The molecule has 0 amide bonds. The first-order valence-corrected chi connectivity index (χ1v) is 4.66. The van der Waals surface area contributed by atoms with Crippen LogP contribution in [-0.4, -0.2) is 23.0 Å². The van der Waals surface area contributed by atoms with E-state index in [1.807, 2.05) is 6.20 Å². The second kappa shape index (κ2) is 3.74. The molecule has 0 radical (unpaired) electrons. The van der Waals surface area contributed by atoms with Crippen molar-refractivity contribution in [3.63, 3.8) is 0 Å². The zero-order valence-electron chi connectivity index (χ0n) is 8.41. The van der Waals surface area contributed by atoms with Gasteiger partial charge in [0.2, 0.25) is 6.34 Å². The number of hydrogen-bond donors (Lipinski definition) is 1. The quantitative estimate of drug-likeness (QED) is 0.617. The lowest BCUT2D eigenvalue weighted by Crippen LogP contribution is -2.40. The predicted molar refractivity (Wildman–Crippen MR) is 52.4 cm³/mol. The first kappa shape index (κ1) is 9.30. The number of nitrogens with zero attached hydrogens (tertiary/aromatic N) is 1. The monoisotopic (exact) mass is 167 g/mol. The van der Waals surface area contributed by atoms with Crippen LogP contribution in [0.5, 0.6) is 0 Å². The Balaban J connectivity index is 2.76. The zero-order valence-corrected chi connectivity index (χ0v) is 8.41. The molecule has 0 aromatic rings. The van der Waals surface area contributed by atoms with Crippen LogP contribution in [0.25, 0.3) is 0 Å². The van der Waals surface area contributed by atoms with Crippen LogP contribution in [0.3, 0.4) is 0 Å². The standard InChI is InChI=1S/C10H18N2/c1-8(2)10-5-6-11-7-12(10)9(3)4/h5-10H,1-4H3/p+1. The SMILES string of the molecule is CC(C)C1C=CNC=[N+]1C(C)C. The fourth-order valence-corrected chi connectivity index (χ4v) is 1.53. The summed E-state index contributed by atoms with van der Waals surface area (Å²) in [6.07, 6.45) is 6.31. The fourth-order valence-electron chi connectivity index (χ4n) is 1.53. The van der Waals surface area contributed by atoms with Crippen LogP contribution in [0, 0.1) is 5.92 Å². The molecule has 1 rings (SSSR count). The van der Waals surface area contributed by atoms with Crippen molar-refractivity contribution in [2.45, 2.75) is 39.8 Å². The second-order valence-electron chi connectivity index (χ2n) is 3.93. The van der Waals surface area contributed by atoms with Gasteiger partial charge in [-0.1, -0.05) is 13.8 Å². The summed E-state index contributed by atoms with van der Waals surface area (Å²) in [5.74, 6) is 0.669. The maximum absolute atomic E-state index is 3.12. The Morgan fingerprint density at radius 2 is 1.92 bits per heavy atom. The topological polar surface area (TPSA) is 15.0 Å². The molecule has 12 heavy (non-hydrogen) atoms. The van der Waals surface area contributed by atoms with Crippen LogP contribution in [0.15, 0.2) is 12.3 Å². The first-order valence-electron chi connectivity index (χ1n) is 4.66. The Labute approximate surface area is 75.0 Å². The molecule has 1 aliphatic heterocycles. The van der Waals surface area contributed by atoms with E-state index in [1.165, 1.54) is 0 Å². The van der Waals surface area contributed by atoms with E-state index in [0.29, 0.717) is 18.0 Å². The van der Waals surface area contributed by atoms with Crippen molar-refractivity contribution in [1.29, 1.82) is 0 Å². The van der Waals surface area contributed by atoms with Gasteiger partial charge in [-0.15, -0.1) is 0 Å². The summed E-state index contributed by atoms with van der Waals surface area (Å²) in [6, 6.07) is 1.11. The molecule has 1 atom stereocenters. The summed E-state index contributed by atoms with van der Waals surface area (Å²) in [5.41, 5.74) is 0. The van der Waals surface area contributed by atoms with Gasteiger partial charge in [0.05, 0.1) is 12.2 Å². The first-order chi connectivity index (χ1) is 5.63. The van der Waals surface area contributed by atoms with Crippen LogP contribution < -0.4 is 5.32 Å². The third-order valence-electron chi connectivity index (χ3n) is 2.24. The van der Waals surface area contributed by atoms with E-state index in [-0.39, 0.29) is 0 Å². The molecule has 0 saturated heterocycles. The Kier molecular flexibility index (Phi) is 2.90. The third-order valence-corrected chi connectivity index (χ3v) is 2.24. The van der Waals surface area contributed by atoms with E-state index in [4.69, 9.17) is 0 Å². The van der Waals surface area contributed by atoms with Crippen LogP contribution in [0.4, 0.5) is 0 Å². The normalized spacial score (nSPS) is 22.8. The van der Waals surface area contributed by atoms with Crippen molar-refractivity contribution >= 4 is 6.34 Å². The highest BCUT2D eigenvalue weighted by molar-refractivity contribution is 5.51. The molecular formula is C10H19N2+. The van der Waals surface area contributed by atoms with Gasteiger partial charge in [0.25, 0.3) is 0 Å². The van der Waals surface area contributed by atoms with Crippen molar-refractivity contribution < 1.29 is 4.58 Å². The molecule has 68 valence electrons. The maximum Gasteiger partial charge on any atom is 0.237 e. The van der Waals surface area contributed by atoms with Gasteiger partial charge in [0.1, 0.15) is 6.04 Å². The van der Waals surface area contributed by atoms with E-state index < -0.39 is 0 Å². The molecule has 1 unspecified atom stereocenters. The molecule has 2 nitrogen and oxygen atoms in total. The van der Waals surface area contributed by atoms with Gasteiger partial charge in [0, 0.05) is 0 Å². The number of nitrogens with one attached hydrogen (secondary N) is 1. The molecule has 1 N–H and O–H groups in total. The van der Waals surface area contributed by atoms with Gasteiger partial charge < -0.3 is 0 Å². The minimum absolute atomic E-state index is 0.547. The summed E-state index contributed by atoms with van der Waals surface area (Å²) in [4.78, 5) is 0. The minimum atomic E-state index is 0.547. The lowest BCUT2D eigenvalue weighted by atomic mass is 10.0. The third kappa shape index (κ3) is 1.87. The van der Waals surface area contributed by atoms with Gasteiger partial charge in [-0.25, -0.2) is 0 Å². The Morgan fingerprint density at radius 3 is 2.33 bits per heavy atom. The molecule has 0 saturated carbocycles. The fraction of sp³-hybridized carbons (Fsp3) is 0.700. The van der Waals surface area contributed by atoms with Crippen LogP contribution in [0.2, 0.25) is 0 Å². The van der Waals surface area contributed by atoms with Crippen molar-refractivity contribution in [1.82, 2.24) is 5.32 Å². The lowest BCUT2D eigenvalue weighted by molar-refractivity contribution is -0.589. The zero-order chi connectivity index (χ0) is 9.14. The highest BCUT2D eigenvalue weighted by Crippen LogP contribution is 2.11. The summed E-state index contributed by atoms with van der Waals surface area (Å²) < 4.78 is 2.35. The Bertz CT molecular complexity index is 202. The molecule has 1 aliphatic rings. The van der Waals surface area contributed by atoms with Crippen LogP contribution >= 0.6 is 0 Å². The highest BCUT2D eigenvalue weighted by Gasteiger charge is 2.22. The van der Waals surface area contributed by atoms with E-state index >= 15 is 0 Å². The molecule has 1 heterocycles. The van der Waals surface area contributed by atoms with Crippen molar-refractivity contribution in [3.05, 3.63) is 12.3 Å². The van der Waals surface area contributed by atoms with Gasteiger partial charge in [0.15, 0.2) is 0 Å². The summed E-state index contributed by atoms with van der Waals surface area (Å²) in [7, 11) is 0. The summed E-state index contributed by atoms with van der Waals surface area (Å²) in [6.45, 7) is 8.94. The maximum atomic E-state index is 3.12. The molecule has 0 aromatic carbocycles. The van der Waals surface area contributed by atoms with Gasteiger partial charge in [-0.05, 0) is 25.8 Å². The summed E-state index contributed by atoms with van der Waals surface area (Å²) in [5, 5.41) is 3.12. The Morgan fingerprint density at radius 1 is 1.25 bits per heavy atom. The van der Waals surface area contributed by atoms with E-state index in [1.54, 1.807) is 0 Å². The van der Waals surface area contributed by atoms with E-state index in [9.17, 15) is 0 Å². The predicted octanol–water partition coefficient (Wildman–Crippen LogP) is 1.58. The average molecular weight is 167 g/mol. The van der Waals surface area contributed by atoms with Crippen LogP contribution in [0.1, 0.15) is 27.7 Å². The molecule has 0 bridgehead atoms. The smallest absolute Gasteiger partial charge is 0.237 e. The van der Waals surface area contributed by atoms with Gasteiger partial charge in [-0.2, -0.15) is 0 Å². The highest BCUT2D eigenvalue weighted by atomic mass is 15.1. The minimum Gasteiger partial charge on any atom is -0.259 e. The van der Waals surface area contributed by atoms with Gasteiger partial charge in [-0.3, -0.25) is 9.89 Å². The molecule has 0 aliphatic carbocycles. The number of hydrogen-bond acceptors (Lipinski definition) is 1. The second-order valence-corrected chi connectivity index (χ2v) is 3.93. The van der Waals surface area contributed by atoms with Crippen LogP contribution in [-0.2, 0) is 0 Å². The average Bonchev–Trinajstić information content (AvgIpc) is 2.04. The lowest BCUT2D eigenvalue weighted by Gasteiger charge is -2.24. The molecular weight excluding hydrogens is 148 g/mol. The molecule has 0 fully saturated rings. The molecule has 0 aromatic heterocycles. The Hall–Kier alpha value is -0.790. The molecule has 2 heteroatoms. The van der Waals surface area contributed by atoms with E-state index in [2.05, 4.69) is 50.0 Å². The van der Waals surface area contributed by atoms with E-state index in [0.717, 1.165) is 0 Å². The molecule has 0 spiro atoms. The van der Waals surface area contributed by atoms with Crippen molar-refractivity contribution in [3.8, 4) is 0 Å².